The number of urea groups is 1. The maximum atomic E-state index is 12.7. The molecule has 134 valence electrons. The largest absolute Gasteiger partial charge is 0.326 e. The van der Waals surface area contributed by atoms with Crippen LogP contribution in [0.5, 0.6) is 0 Å². The zero-order valence-corrected chi connectivity index (χ0v) is 14.5. The Hall–Kier alpha value is -2.96. The van der Waals surface area contributed by atoms with Gasteiger partial charge in [-0.3, -0.25) is 14.7 Å². The predicted molar refractivity (Wildman–Crippen MR) is 98.1 cm³/mol. The lowest BCUT2D eigenvalue weighted by molar-refractivity contribution is 0.102. The Morgan fingerprint density at radius 2 is 1.96 bits per heavy atom. The van der Waals surface area contributed by atoms with E-state index in [4.69, 9.17) is 0 Å². The minimum Gasteiger partial charge on any atom is -0.321 e. The third-order valence-electron chi connectivity index (χ3n) is 5.01. The van der Waals surface area contributed by atoms with E-state index in [0.717, 1.165) is 19.4 Å². The predicted octanol–water partition coefficient (Wildman–Crippen LogP) is 2.91. The first kappa shape index (κ1) is 16.5. The van der Waals surface area contributed by atoms with Gasteiger partial charge >= 0.3 is 6.03 Å². The van der Waals surface area contributed by atoms with Crippen molar-refractivity contribution in [3.63, 3.8) is 0 Å². The lowest BCUT2D eigenvalue weighted by Gasteiger charge is -2.23. The standard InChI is InChI=1S/C19H21N5O2/c25-18(14-4-3-9-20-12-14)22-15-7-8-17(21-13-15)24-11-10-23(19(24)26)16-5-1-2-6-16/h3-4,7-9,12-13,16H,1-2,5-6,10-11H2,(H,22,25). The van der Waals surface area contributed by atoms with Crippen LogP contribution in [-0.2, 0) is 0 Å². The number of anilines is 2. The molecule has 2 aromatic heterocycles. The van der Waals surface area contributed by atoms with Gasteiger partial charge in [0, 0.05) is 31.5 Å². The molecule has 7 heteroatoms. The average Bonchev–Trinajstić information content (AvgIpc) is 3.33. The summed E-state index contributed by atoms with van der Waals surface area (Å²) in [4.78, 5) is 36.8. The molecular formula is C19H21N5O2. The van der Waals surface area contributed by atoms with Crippen molar-refractivity contribution in [1.29, 1.82) is 0 Å². The van der Waals surface area contributed by atoms with E-state index in [2.05, 4.69) is 15.3 Å². The van der Waals surface area contributed by atoms with Crippen molar-refractivity contribution in [2.24, 2.45) is 0 Å². The molecule has 2 aliphatic rings. The molecule has 1 saturated heterocycles. The van der Waals surface area contributed by atoms with Crippen molar-refractivity contribution in [3.05, 3.63) is 48.4 Å². The monoisotopic (exact) mass is 351 g/mol. The maximum Gasteiger partial charge on any atom is 0.326 e. The molecule has 0 unspecified atom stereocenters. The van der Waals surface area contributed by atoms with Gasteiger partial charge in [-0.25, -0.2) is 9.78 Å². The van der Waals surface area contributed by atoms with E-state index in [1.54, 1.807) is 41.6 Å². The van der Waals surface area contributed by atoms with Crippen molar-refractivity contribution in [1.82, 2.24) is 14.9 Å². The second kappa shape index (κ2) is 7.11. The van der Waals surface area contributed by atoms with E-state index in [9.17, 15) is 9.59 Å². The quantitative estimate of drug-likeness (QED) is 0.919. The Balaban J connectivity index is 1.41. The first-order chi connectivity index (χ1) is 12.7. The molecule has 0 bridgehead atoms. The van der Waals surface area contributed by atoms with Crippen LogP contribution in [0.3, 0.4) is 0 Å². The van der Waals surface area contributed by atoms with Gasteiger partial charge in [-0.2, -0.15) is 0 Å². The number of hydrogen-bond acceptors (Lipinski definition) is 4. The van der Waals surface area contributed by atoms with Crippen LogP contribution in [0.15, 0.2) is 42.9 Å². The molecule has 26 heavy (non-hydrogen) atoms. The SMILES string of the molecule is O=C(Nc1ccc(N2CCN(C3CCCC3)C2=O)nc1)c1cccnc1. The van der Waals surface area contributed by atoms with Gasteiger partial charge < -0.3 is 10.2 Å². The number of hydrogen-bond donors (Lipinski definition) is 1. The summed E-state index contributed by atoms with van der Waals surface area (Å²) in [6, 6.07) is 7.37. The highest BCUT2D eigenvalue weighted by Crippen LogP contribution is 2.28. The zero-order valence-electron chi connectivity index (χ0n) is 14.5. The molecule has 0 spiro atoms. The Morgan fingerprint density at radius 1 is 1.12 bits per heavy atom. The first-order valence-corrected chi connectivity index (χ1v) is 8.98. The highest BCUT2D eigenvalue weighted by Gasteiger charge is 2.36. The molecule has 1 saturated carbocycles. The molecule has 0 atom stereocenters. The summed E-state index contributed by atoms with van der Waals surface area (Å²) in [5, 5.41) is 2.79. The molecular weight excluding hydrogens is 330 g/mol. The number of rotatable bonds is 4. The molecule has 1 aliphatic heterocycles. The summed E-state index contributed by atoms with van der Waals surface area (Å²) in [6.45, 7) is 1.41. The third kappa shape index (κ3) is 3.24. The molecule has 3 amide bonds. The van der Waals surface area contributed by atoms with Crippen LogP contribution >= 0.6 is 0 Å². The minimum atomic E-state index is -0.239. The number of nitrogens with zero attached hydrogens (tertiary/aromatic N) is 4. The van der Waals surface area contributed by atoms with E-state index in [1.807, 2.05) is 4.90 Å². The van der Waals surface area contributed by atoms with Crippen LogP contribution in [0.4, 0.5) is 16.3 Å². The zero-order chi connectivity index (χ0) is 17.9. The number of carbonyl (C=O) groups is 2. The molecule has 0 aromatic carbocycles. The van der Waals surface area contributed by atoms with Gasteiger partial charge in [-0.1, -0.05) is 12.8 Å². The molecule has 1 N–H and O–H groups in total. The summed E-state index contributed by atoms with van der Waals surface area (Å²) >= 11 is 0. The number of amides is 3. The van der Waals surface area contributed by atoms with Crippen LogP contribution in [0.1, 0.15) is 36.0 Å². The molecule has 4 rings (SSSR count). The Bertz CT molecular complexity index is 787. The Morgan fingerprint density at radius 3 is 2.65 bits per heavy atom. The average molecular weight is 351 g/mol. The lowest BCUT2D eigenvalue weighted by Crippen LogP contribution is -2.38. The van der Waals surface area contributed by atoms with Crippen LogP contribution in [0.2, 0.25) is 0 Å². The Labute approximate surface area is 152 Å². The fourth-order valence-corrected chi connectivity index (χ4v) is 3.64. The van der Waals surface area contributed by atoms with Crippen LogP contribution < -0.4 is 10.2 Å². The van der Waals surface area contributed by atoms with Crippen molar-refractivity contribution < 1.29 is 9.59 Å². The van der Waals surface area contributed by atoms with Crippen molar-refractivity contribution >= 4 is 23.4 Å². The van der Waals surface area contributed by atoms with E-state index in [1.165, 1.54) is 19.0 Å². The highest BCUT2D eigenvalue weighted by atomic mass is 16.2. The fraction of sp³-hybridized carbons (Fsp3) is 0.368. The van der Waals surface area contributed by atoms with Gasteiger partial charge in [0.05, 0.1) is 17.4 Å². The second-order valence-corrected chi connectivity index (χ2v) is 6.67. The van der Waals surface area contributed by atoms with Crippen LogP contribution in [0, 0.1) is 0 Å². The molecule has 2 aromatic rings. The van der Waals surface area contributed by atoms with E-state index in [0.29, 0.717) is 29.7 Å². The maximum absolute atomic E-state index is 12.7. The highest BCUT2D eigenvalue weighted by molar-refractivity contribution is 6.04. The number of aromatic nitrogens is 2. The van der Waals surface area contributed by atoms with Gasteiger partial charge in [-0.15, -0.1) is 0 Å². The summed E-state index contributed by atoms with van der Waals surface area (Å²) in [6.07, 6.45) is 9.33. The summed E-state index contributed by atoms with van der Waals surface area (Å²) < 4.78 is 0. The van der Waals surface area contributed by atoms with Gasteiger partial charge in [-0.05, 0) is 37.1 Å². The van der Waals surface area contributed by atoms with Crippen LogP contribution in [0.25, 0.3) is 0 Å². The number of nitrogens with one attached hydrogen (secondary N) is 1. The van der Waals surface area contributed by atoms with E-state index in [-0.39, 0.29) is 11.9 Å². The topological polar surface area (TPSA) is 78.4 Å². The fourth-order valence-electron chi connectivity index (χ4n) is 3.64. The second-order valence-electron chi connectivity index (χ2n) is 6.67. The molecule has 0 radical (unpaired) electrons. The number of carbonyl (C=O) groups excluding carboxylic acids is 2. The third-order valence-corrected chi connectivity index (χ3v) is 5.01. The molecule has 1 aliphatic carbocycles. The van der Waals surface area contributed by atoms with Gasteiger partial charge in [0.25, 0.3) is 5.91 Å². The number of pyridine rings is 2. The molecule has 2 fully saturated rings. The first-order valence-electron chi connectivity index (χ1n) is 8.98. The van der Waals surface area contributed by atoms with Crippen LogP contribution in [-0.4, -0.2) is 45.9 Å². The summed E-state index contributed by atoms with van der Waals surface area (Å²) in [5.74, 6) is 0.382. The molecule has 7 nitrogen and oxygen atoms in total. The van der Waals surface area contributed by atoms with Gasteiger partial charge in [0.2, 0.25) is 0 Å². The normalized spacial score (nSPS) is 17.8. The Kier molecular flexibility index (Phi) is 4.51. The van der Waals surface area contributed by atoms with Gasteiger partial charge in [0.1, 0.15) is 5.82 Å². The lowest BCUT2D eigenvalue weighted by atomic mass is 10.2. The summed E-state index contributed by atoms with van der Waals surface area (Å²) in [7, 11) is 0. The smallest absolute Gasteiger partial charge is 0.321 e. The van der Waals surface area contributed by atoms with Gasteiger partial charge in [0.15, 0.2) is 0 Å². The van der Waals surface area contributed by atoms with E-state index < -0.39 is 0 Å². The van der Waals surface area contributed by atoms with Crippen molar-refractivity contribution in [2.75, 3.05) is 23.3 Å². The van der Waals surface area contributed by atoms with Crippen molar-refractivity contribution in [3.8, 4) is 0 Å². The van der Waals surface area contributed by atoms with Crippen molar-refractivity contribution in [2.45, 2.75) is 31.7 Å². The van der Waals surface area contributed by atoms with E-state index >= 15 is 0 Å². The minimum absolute atomic E-state index is 0.0385. The molecule has 3 heterocycles. The summed E-state index contributed by atoms with van der Waals surface area (Å²) in [5.41, 5.74) is 1.07.